The van der Waals surface area contributed by atoms with Crippen molar-refractivity contribution in [1.82, 2.24) is 4.90 Å². The van der Waals surface area contributed by atoms with Gasteiger partial charge in [0, 0.05) is 22.5 Å². The first-order chi connectivity index (χ1) is 13.5. The largest absolute Gasteiger partial charge is 0.486 e. The number of likely N-dealkylation sites (N-methyl/N-ethyl adjacent to an activating group) is 1. The molecular formula is C20H22ClN3O4. The van der Waals surface area contributed by atoms with Crippen molar-refractivity contribution in [3.05, 3.63) is 47.5 Å². The molecule has 2 N–H and O–H groups in total. The third-order valence-corrected chi connectivity index (χ3v) is 4.35. The molecule has 1 aliphatic heterocycles. The monoisotopic (exact) mass is 403 g/mol. The van der Waals surface area contributed by atoms with Crippen LogP contribution in [-0.4, -0.2) is 49.6 Å². The molecule has 0 aromatic heterocycles. The maximum atomic E-state index is 12.4. The molecule has 7 nitrogen and oxygen atoms in total. The van der Waals surface area contributed by atoms with Crippen molar-refractivity contribution in [2.24, 2.45) is 0 Å². The van der Waals surface area contributed by atoms with E-state index in [2.05, 4.69) is 10.6 Å². The third kappa shape index (κ3) is 5.61. The Morgan fingerprint density at radius 3 is 2.25 bits per heavy atom. The first kappa shape index (κ1) is 20.0. The SMILES string of the molecule is CCN(CC(=O)Nc1cccc(Cl)c1)CC(=O)Nc1ccc2c(c1)OCCO2. The summed E-state index contributed by atoms with van der Waals surface area (Å²) >= 11 is 5.92. The van der Waals surface area contributed by atoms with Crippen LogP contribution >= 0.6 is 11.6 Å². The van der Waals surface area contributed by atoms with E-state index in [0.717, 1.165) is 0 Å². The van der Waals surface area contributed by atoms with Gasteiger partial charge in [0.05, 0.1) is 13.1 Å². The quantitative estimate of drug-likeness (QED) is 0.742. The molecule has 2 aromatic rings. The fraction of sp³-hybridized carbons (Fsp3) is 0.300. The lowest BCUT2D eigenvalue weighted by atomic mass is 10.2. The third-order valence-electron chi connectivity index (χ3n) is 4.12. The molecule has 0 saturated carbocycles. The second-order valence-electron chi connectivity index (χ2n) is 6.27. The molecular weight excluding hydrogens is 382 g/mol. The van der Waals surface area contributed by atoms with Crippen LogP contribution in [0.25, 0.3) is 0 Å². The topological polar surface area (TPSA) is 79.9 Å². The van der Waals surface area contributed by atoms with Crippen LogP contribution in [0.4, 0.5) is 11.4 Å². The Hall–Kier alpha value is -2.77. The number of rotatable bonds is 7. The van der Waals surface area contributed by atoms with E-state index in [-0.39, 0.29) is 24.9 Å². The molecule has 28 heavy (non-hydrogen) atoms. The molecule has 0 fully saturated rings. The number of nitrogens with zero attached hydrogens (tertiary/aromatic N) is 1. The zero-order valence-electron chi connectivity index (χ0n) is 15.5. The number of amides is 2. The Morgan fingerprint density at radius 1 is 0.964 bits per heavy atom. The van der Waals surface area contributed by atoms with E-state index in [1.54, 1.807) is 47.4 Å². The summed E-state index contributed by atoms with van der Waals surface area (Å²) in [7, 11) is 0. The minimum atomic E-state index is -0.214. The van der Waals surface area contributed by atoms with Gasteiger partial charge in [-0.05, 0) is 36.9 Å². The predicted molar refractivity (Wildman–Crippen MR) is 108 cm³/mol. The molecule has 148 valence electrons. The average Bonchev–Trinajstić information content (AvgIpc) is 2.67. The van der Waals surface area contributed by atoms with E-state index in [1.165, 1.54) is 0 Å². The number of carbonyl (C=O) groups excluding carboxylic acids is 2. The van der Waals surface area contributed by atoms with Crippen molar-refractivity contribution in [3.63, 3.8) is 0 Å². The van der Waals surface area contributed by atoms with Crippen LogP contribution in [0.5, 0.6) is 11.5 Å². The lowest BCUT2D eigenvalue weighted by molar-refractivity contribution is -0.119. The second-order valence-corrected chi connectivity index (χ2v) is 6.70. The fourth-order valence-electron chi connectivity index (χ4n) is 2.77. The summed E-state index contributed by atoms with van der Waals surface area (Å²) in [5.74, 6) is 0.847. The van der Waals surface area contributed by atoms with Crippen LogP contribution in [0, 0.1) is 0 Å². The Labute approximate surface area is 168 Å². The summed E-state index contributed by atoms with van der Waals surface area (Å²) in [5, 5.41) is 6.14. The molecule has 2 amide bonds. The second kappa shape index (κ2) is 9.43. The van der Waals surface area contributed by atoms with Gasteiger partial charge in [-0.15, -0.1) is 0 Å². The van der Waals surface area contributed by atoms with Gasteiger partial charge in [-0.1, -0.05) is 24.6 Å². The molecule has 1 aliphatic rings. The molecule has 8 heteroatoms. The summed E-state index contributed by atoms with van der Waals surface area (Å²) in [6.45, 7) is 3.63. The van der Waals surface area contributed by atoms with Crippen molar-refractivity contribution >= 4 is 34.8 Å². The number of halogens is 1. The molecule has 0 radical (unpaired) electrons. The number of carbonyl (C=O) groups is 2. The smallest absolute Gasteiger partial charge is 0.238 e. The van der Waals surface area contributed by atoms with E-state index in [9.17, 15) is 9.59 Å². The highest BCUT2D eigenvalue weighted by atomic mass is 35.5. The van der Waals surface area contributed by atoms with Crippen molar-refractivity contribution in [1.29, 1.82) is 0 Å². The van der Waals surface area contributed by atoms with Gasteiger partial charge < -0.3 is 20.1 Å². The number of hydrogen-bond acceptors (Lipinski definition) is 5. The van der Waals surface area contributed by atoms with E-state index in [0.29, 0.717) is 47.7 Å². The number of hydrogen-bond donors (Lipinski definition) is 2. The van der Waals surface area contributed by atoms with Gasteiger partial charge in [0.1, 0.15) is 13.2 Å². The number of anilines is 2. The van der Waals surface area contributed by atoms with Crippen LogP contribution < -0.4 is 20.1 Å². The van der Waals surface area contributed by atoms with Crippen LogP contribution in [0.1, 0.15) is 6.92 Å². The van der Waals surface area contributed by atoms with Gasteiger partial charge in [0.15, 0.2) is 11.5 Å². The van der Waals surface area contributed by atoms with E-state index >= 15 is 0 Å². The van der Waals surface area contributed by atoms with Crippen molar-refractivity contribution < 1.29 is 19.1 Å². The molecule has 3 rings (SSSR count). The molecule has 0 aliphatic carbocycles. The van der Waals surface area contributed by atoms with Gasteiger partial charge in [-0.25, -0.2) is 0 Å². The van der Waals surface area contributed by atoms with Crippen LogP contribution in [0.15, 0.2) is 42.5 Å². The lowest BCUT2D eigenvalue weighted by Gasteiger charge is -2.21. The number of nitrogens with one attached hydrogen (secondary N) is 2. The highest BCUT2D eigenvalue weighted by Gasteiger charge is 2.16. The Kier molecular flexibility index (Phi) is 6.73. The molecule has 0 bridgehead atoms. The molecule has 0 atom stereocenters. The maximum absolute atomic E-state index is 12.4. The van der Waals surface area contributed by atoms with Crippen LogP contribution in [0.2, 0.25) is 5.02 Å². The van der Waals surface area contributed by atoms with Crippen LogP contribution in [-0.2, 0) is 9.59 Å². The molecule has 0 unspecified atom stereocenters. The number of ether oxygens (including phenoxy) is 2. The minimum Gasteiger partial charge on any atom is -0.486 e. The van der Waals surface area contributed by atoms with E-state index < -0.39 is 0 Å². The first-order valence-electron chi connectivity index (χ1n) is 9.01. The van der Waals surface area contributed by atoms with Crippen LogP contribution in [0.3, 0.4) is 0 Å². The summed E-state index contributed by atoms with van der Waals surface area (Å²) < 4.78 is 11.0. The Balaban J connectivity index is 1.52. The Morgan fingerprint density at radius 2 is 1.61 bits per heavy atom. The average molecular weight is 404 g/mol. The summed E-state index contributed by atoms with van der Waals surface area (Å²) in [6.07, 6.45) is 0. The van der Waals surface area contributed by atoms with Gasteiger partial charge in [0.2, 0.25) is 11.8 Å². The van der Waals surface area contributed by atoms with Crippen molar-refractivity contribution in [3.8, 4) is 11.5 Å². The number of fused-ring (bicyclic) bond motifs is 1. The summed E-state index contributed by atoms with van der Waals surface area (Å²) in [6, 6.07) is 12.2. The highest BCUT2D eigenvalue weighted by molar-refractivity contribution is 6.30. The molecule has 0 saturated heterocycles. The van der Waals surface area contributed by atoms with Gasteiger partial charge >= 0.3 is 0 Å². The summed E-state index contributed by atoms with van der Waals surface area (Å²) in [4.78, 5) is 26.3. The zero-order chi connectivity index (χ0) is 19.9. The fourth-order valence-corrected chi connectivity index (χ4v) is 2.96. The summed E-state index contributed by atoms with van der Waals surface area (Å²) in [5.41, 5.74) is 1.24. The normalized spacial score (nSPS) is 12.5. The standard InChI is InChI=1S/C20H22ClN3O4/c1-2-24(12-19(25)22-15-5-3-4-14(21)10-15)13-20(26)23-16-6-7-17-18(11-16)28-9-8-27-17/h3-7,10-11H,2,8-9,12-13H2,1H3,(H,22,25)(H,23,26). The first-order valence-corrected chi connectivity index (χ1v) is 9.38. The minimum absolute atomic E-state index is 0.0912. The van der Waals surface area contributed by atoms with Gasteiger partial charge in [-0.3, -0.25) is 14.5 Å². The molecule has 1 heterocycles. The maximum Gasteiger partial charge on any atom is 0.238 e. The Bertz CT molecular complexity index is 859. The molecule has 2 aromatic carbocycles. The van der Waals surface area contributed by atoms with Crippen molar-refractivity contribution in [2.75, 3.05) is 43.5 Å². The van der Waals surface area contributed by atoms with Crippen molar-refractivity contribution in [2.45, 2.75) is 6.92 Å². The van der Waals surface area contributed by atoms with Gasteiger partial charge in [-0.2, -0.15) is 0 Å². The van der Waals surface area contributed by atoms with E-state index in [4.69, 9.17) is 21.1 Å². The zero-order valence-corrected chi connectivity index (χ0v) is 16.3. The lowest BCUT2D eigenvalue weighted by Crippen LogP contribution is -2.38. The van der Waals surface area contributed by atoms with Gasteiger partial charge in [0.25, 0.3) is 0 Å². The predicted octanol–water partition coefficient (Wildman–Crippen LogP) is 3.01. The molecule has 0 spiro atoms. The highest BCUT2D eigenvalue weighted by Crippen LogP contribution is 2.32. The number of benzene rings is 2. The van der Waals surface area contributed by atoms with E-state index in [1.807, 2.05) is 6.92 Å².